The highest BCUT2D eigenvalue weighted by Gasteiger charge is 2.29. The first-order chi connectivity index (χ1) is 10.2. The fourth-order valence-corrected chi connectivity index (χ4v) is 4.57. The highest BCUT2D eigenvalue weighted by atomic mass is 32.2. The number of hydrogen-bond acceptors (Lipinski definition) is 3. The molecule has 0 spiro atoms. The van der Waals surface area contributed by atoms with Gasteiger partial charge in [0.05, 0.1) is 5.69 Å². The molecular weight excluding hydrogens is 280 g/mol. The van der Waals surface area contributed by atoms with E-state index in [0.717, 1.165) is 31.1 Å². The minimum absolute atomic E-state index is 0.690. The smallest absolute Gasteiger partial charge is 0.156 e. The van der Waals surface area contributed by atoms with Crippen molar-refractivity contribution in [1.82, 2.24) is 15.1 Å². The number of aromatic nitrogens is 2. The number of fused-ring (bicyclic) bond motifs is 1. The molecule has 5 heteroatoms. The molecular formula is C16H26N4S. The maximum absolute atomic E-state index is 4.75. The van der Waals surface area contributed by atoms with E-state index < -0.39 is 0 Å². The number of aliphatic imine (C=N–C) groups is 1. The molecule has 1 aliphatic carbocycles. The molecule has 0 radical (unpaired) electrons. The molecule has 0 aromatic carbocycles. The third kappa shape index (κ3) is 3.82. The van der Waals surface area contributed by atoms with Gasteiger partial charge in [0.15, 0.2) is 5.17 Å². The van der Waals surface area contributed by atoms with Gasteiger partial charge in [-0.05, 0) is 45.1 Å². The van der Waals surface area contributed by atoms with Crippen LogP contribution < -0.4 is 5.32 Å². The van der Waals surface area contributed by atoms with Gasteiger partial charge in [0.2, 0.25) is 0 Å². The minimum atomic E-state index is 0.690. The van der Waals surface area contributed by atoms with Crippen LogP contribution in [0.4, 0.5) is 0 Å². The van der Waals surface area contributed by atoms with E-state index in [1.807, 2.05) is 18.7 Å². The summed E-state index contributed by atoms with van der Waals surface area (Å²) in [6.45, 7) is 6.03. The monoisotopic (exact) mass is 306 g/mol. The van der Waals surface area contributed by atoms with Crippen LogP contribution in [0.5, 0.6) is 0 Å². The van der Waals surface area contributed by atoms with E-state index in [2.05, 4.69) is 28.1 Å². The SMILES string of the molecule is Cc1cc(C)n(CCCN=C2NC3CCCCC3CS2)n1. The van der Waals surface area contributed by atoms with Gasteiger partial charge in [-0.1, -0.05) is 24.6 Å². The first kappa shape index (κ1) is 14.9. The van der Waals surface area contributed by atoms with E-state index in [1.165, 1.54) is 42.3 Å². The number of thioether (sulfide) groups is 1. The molecule has 1 aromatic rings. The van der Waals surface area contributed by atoms with Gasteiger partial charge in [0.25, 0.3) is 0 Å². The lowest BCUT2D eigenvalue weighted by atomic mass is 9.86. The van der Waals surface area contributed by atoms with Crippen molar-refractivity contribution in [3.63, 3.8) is 0 Å². The second-order valence-electron chi connectivity index (χ2n) is 6.30. The molecule has 1 aliphatic heterocycles. The van der Waals surface area contributed by atoms with Crippen LogP contribution in [0.15, 0.2) is 11.1 Å². The number of rotatable bonds is 4. The van der Waals surface area contributed by atoms with Crippen LogP contribution in [-0.2, 0) is 6.54 Å². The summed E-state index contributed by atoms with van der Waals surface area (Å²) in [4.78, 5) is 4.75. The molecule has 2 atom stereocenters. The van der Waals surface area contributed by atoms with Gasteiger partial charge in [0, 0.05) is 30.6 Å². The quantitative estimate of drug-likeness (QED) is 0.869. The van der Waals surface area contributed by atoms with Gasteiger partial charge in [0.1, 0.15) is 0 Å². The Bertz CT molecular complexity index is 508. The van der Waals surface area contributed by atoms with Crippen LogP contribution in [0.3, 0.4) is 0 Å². The summed E-state index contributed by atoms with van der Waals surface area (Å²) in [5, 5.41) is 9.33. The Kier molecular flexibility index (Phi) is 4.88. The third-order valence-corrected chi connectivity index (χ3v) is 5.65. The van der Waals surface area contributed by atoms with Crippen LogP contribution in [0, 0.1) is 19.8 Å². The maximum Gasteiger partial charge on any atom is 0.156 e. The summed E-state index contributed by atoms with van der Waals surface area (Å²) in [6.07, 6.45) is 6.58. The molecule has 1 saturated heterocycles. The predicted molar refractivity (Wildman–Crippen MR) is 90.0 cm³/mol. The second-order valence-corrected chi connectivity index (χ2v) is 7.31. The highest BCUT2D eigenvalue weighted by Crippen LogP contribution is 2.31. The topological polar surface area (TPSA) is 42.2 Å². The zero-order chi connectivity index (χ0) is 14.7. The average Bonchev–Trinajstić information content (AvgIpc) is 2.81. The summed E-state index contributed by atoms with van der Waals surface area (Å²) < 4.78 is 2.09. The number of hydrogen-bond donors (Lipinski definition) is 1. The van der Waals surface area contributed by atoms with E-state index in [0.29, 0.717) is 6.04 Å². The summed E-state index contributed by atoms with van der Waals surface area (Å²) in [5.41, 5.74) is 2.35. The van der Waals surface area contributed by atoms with Crippen molar-refractivity contribution in [3.8, 4) is 0 Å². The predicted octanol–water partition coefficient (Wildman–Crippen LogP) is 3.14. The van der Waals surface area contributed by atoms with Crippen molar-refractivity contribution in [2.75, 3.05) is 12.3 Å². The zero-order valence-corrected chi connectivity index (χ0v) is 14.0. The van der Waals surface area contributed by atoms with Crippen molar-refractivity contribution in [3.05, 3.63) is 17.5 Å². The molecule has 2 unspecified atom stereocenters. The zero-order valence-electron chi connectivity index (χ0n) is 13.1. The molecule has 2 aliphatic rings. The second kappa shape index (κ2) is 6.86. The van der Waals surface area contributed by atoms with Crippen LogP contribution in [0.1, 0.15) is 43.5 Å². The minimum Gasteiger partial charge on any atom is -0.362 e. The molecule has 0 amide bonds. The highest BCUT2D eigenvalue weighted by molar-refractivity contribution is 8.13. The van der Waals surface area contributed by atoms with Crippen LogP contribution in [0.2, 0.25) is 0 Å². The summed E-state index contributed by atoms with van der Waals surface area (Å²) in [5.74, 6) is 2.13. The molecule has 1 N–H and O–H groups in total. The molecule has 1 saturated carbocycles. The van der Waals surface area contributed by atoms with Crippen molar-refractivity contribution < 1.29 is 0 Å². The molecule has 0 bridgehead atoms. The Balaban J connectivity index is 1.45. The molecule has 2 fully saturated rings. The molecule has 1 aromatic heterocycles. The van der Waals surface area contributed by atoms with E-state index in [4.69, 9.17) is 4.99 Å². The van der Waals surface area contributed by atoms with E-state index in [9.17, 15) is 0 Å². The van der Waals surface area contributed by atoms with Gasteiger partial charge >= 0.3 is 0 Å². The van der Waals surface area contributed by atoms with Crippen molar-refractivity contribution >= 4 is 16.9 Å². The Hall–Kier alpha value is -0.970. The van der Waals surface area contributed by atoms with Crippen molar-refractivity contribution in [2.24, 2.45) is 10.9 Å². The fourth-order valence-electron chi connectivity index (χ4n) is 3.38. The van der Waals surface area contributed by atoms with Gasteiger partial charge in [-0.15, -0.1) is 0 Å². The number of amidine groups is 1. The standard InChI is InChI=1S/C16H26N4S/c1-12-10-13(2)20(19-12)9-5-8-17-16-18-15-7-4-3-6-14(15)11-21-16/h10,14-15H,3-9,11H2,1-2H3,(H,17,18). The first-order valence-electron chi connectivity index (χ1n) is 8.17. The number of nitrogens with zero attached hydrogens (tertiary/aromatic N) is 3. The van der Waals surface area contributed by atoms with Crippen LogP contribution in [0.25, 0.3) is 0 Å². The van der Waals surface area contributed by atoms with Gasteiger partial charge < -0.3 is 5.32 Å². The summed E-state index contributed by atoms with van der Waals surface area (Å²) in [7, 11) is 0. The van der Waals surface area contributed by atoms with Crippen molar-refractivity contribution in [2.45, 2.75) is 58.5 Å². The Morgan fingerprint density at radius 3 is 3.05 bits per heavy atom. The summed E-state index contributed by atoms with van der Waals surface area (Å²) in [6, 6.07) is 2.82. The lowest BCUT2D eigenvalue weighted by Crippen LogP contribution is -2.46. The third-order valence-electron chi connectivity index (χ3n) is 4.54. The Morgan fingerprint density at radius 2 is 2.24 bits per heavy atom. The van der Waals surface area contributed by atoms with Gasteiger partial charge in [-0.3, -0.25) is 9.67 Å². The lowest BCUT2D eigenvalue weighted by molar-refractivity contribution is 0.311. The molecule has 4 nitrogen and oxygen atoms in total. The molecule has 3 rings (SSSR count). The van der Waals surface area contributed by atoms with E-state index >= 15 is 0 Å². The van der Waals surface area contributed by atoms with E-state index in [1.54, 1.807) is 0 Å². The maximum atomic E-state index is 4.75. The lowest BCUT2D eigenvalue weighted by Gasteiger charge is -2.36. The summed E-state index contributed by atoms with van der Waals surface area (Å²) >= 11 is 1.92. The fraction of sp³-hybridized carbons (Fsp3) is 0.750. The van der Waals surface area contributed by atoms with Crippen molar-refractivity contribution in [1.29, 1.82) is 0 Å². The van der Waals surface area contributed by atoms with E-state index in [-0.39, 0.29) is 0 Å². The van der Waals surface area contributed by atoms with Gasteiger partial charge in [-0.25, -0.2) is 0 Å². The van der Waals surface area contributed by atoms with Crippen LogP contribution >= 0.6 is 11.8 Å². The largest absolute Gasteiger partial charge is 0.362 e. The molecule has 116 valence electrons. The normalized spacial score (nSPS) is 27.4. The van der Waals surface area contributed by atoms with Crippen LogP contribution in [-0.4, -0.2) is 33.3 Å². The Morgan fingerprint density at radius 1 is 1.38 bits per heavy atom. The number of aryl methyl sites for hydroxylation is 3. The van der Waals surface area contributed by atoms with Gasteiger partial charge in [-0.2, -0.15) is 5.10 Å². The average molecular weight is 306 g/mol. The first-order valence-corrected chi connectivity index (χ1v) is 9.16. The molecule has 2 heterocycles. The Labute approximate surface area is 131 Å². The number of nitrogens with one attached hydrogen (secondary N) is 1. The molecule has 21 heavy (non-hydrogen) atoms.